The van der Waals surface area contributed by atoms with Crippen LogP contribution in [0.4, 0.5) is 0 Å². The summed E-state index contributed by atoms with van der Waals surface area (Å²) in [5.74, 6) is 0.115. The Morgan fingerprint density at radius 1 is 1.04 bits per heavy atom. The van der Waals surface area contributed by atoms with Gasteiger partial charge < -0.3 is 4.90 Å². The van der Waals surface area contributed by atoms with Gasteiger partial charge in [-0.25, -0.2) is 4.98 Å². The minimum Gasteiger partial charge on any atom is -0.336 e. The van der Waals surface area contributed by atoms with Crippen LogP contribution in [0.15, 0.2) is 66.0 Å². The summed E-state index contributed by atoms with van der Waals surface area (Å²) >= 11 is 1.59. The number of rotatable bonds is 6. The summed E-state index contributed by atoms with van der Waals surface area (Å²) in [7, 11) is 0. The van der Waals surface area contributed by atoms with Gasteiger partial charge in [-0.15, -0.1) is 11.3 Å². The highest BCUT2D eigenvalue weighted by Crippen LogP contribution is 2.24. The number of thiazole rings is 1. The molecule has 128 valence electrons. The molecule has 3 rings (SSSR count). The highest BCUT2D eigenvalue weighted by molar-refractivity contribution is 7.13. The molecule has 0 aliphatic rings. The van der Waals surface area contributed by atoms with Gasteiger partial charge >= 0.3 is 0 Å². The van der Waals surface area contributed by atoms with Crippen molar-refractivity contribution in [2.24, 2.45) is 0 Å². The van der Waals surface area contributed by atoms with E-state index in [0.717, 1.165) is 21.8 Å². The van der Waals surface area contributed by atoms with E-state index in [2.05, 4.69) is 31.0 Å². The predicted octanol–water partition coefficient (Wildman–Crippen LogP) is 4.79. The molecule has 0 aliphatic heterocycles. The molecule has 3 aromatic rings. The summed E-state index contributed by atoms with van der Waals surface area (Å²) in [5, 5.41) is 2.95. The lowest BCUT2D eigenvalue weighted by atomic mass is 10.1. The fraction of sp³-hybridized carbons (Fsp3) is 0.238. The van der Waals surface area contributed by atoms with Crippen LogP contribution in [0.25, 0.3) is 10.6 Å². The van der Waals surface area contributed by atoms with E-state index >= 15 is 0 Å². The molecule has 25 heavy (non-hydrogen) atoms. The first-order valence-electron chi connectivity index (χ1n) is 8.46. The number of amides is 1. The molecule has 0 N–H and O–H groups in total. The average Bonchev–Trinajstić information content (AvgIpc) is 3.09. The van der Waals surface area contributed by atoms with Gasteiger partial charge in [0.05, 0.1) is 12.1 Å². The van der Waals surface area contributed by atoms with Gasteiger partial charge in [0.15, 0.2) is 0 Å². The molecule has 0 radical (unpaired) electrons. The van der Waals surface area contributed by atoms with Crippen molar-refractivity contribution < 1.29 is 4.79 Å². The lowest BCUT2D eigenvalue weighted by Crippen LogP contribution is -2.37. The van der Waals surface area contributed by atoms with Crippen LogP contribution in [0.5, 0.6) is 0 Å². The second-order valence-electron chi connectivity index (χ2n) is 6.29. The molecule has 1 amide bonds. The molecule has 2 aromatic carbocycles. The highest BCUT2D eigenvalue weighted by atomic mass is 32.1. The molecular weight excluding hydrogens is 328 g/mol. The first-order valence-corrected chi connectivity index (χ1v) is 9.34. The van der Waals surface area contributed by atoms with Crippen molar-refractivity contribution in [3.63, 3.8) is 0 Å². The molecule has 1 heterocycles. The standard InChI is InChI=1S/C21H22N2OS/c1-16(2)23(14-17-9-5-3-6-10-17)20(24)13-19-15-25-21(22-19)18-11-7-4-8-12-18/h3-12,15-16H,13-14H2,1-2H3. The van der Waals surface area contributed by atoms with Crippen molar-refractivity contribution >= 4 is 17.2 Å². The molecule has 1 aromatic heterocycles. The molecule has 0 saturated heterocycles. The third-order valence-electron chi connectivity index (χ3n) is 4.04. The molecule has 3 nitrogen and oxygen atoms in total. The zero-order valence-electron chi connectivity index (χ0n) is 14.6. The number of hydrogen-bond acceptors (Lipinski definition) is 3. The Labute approximate surface area is 153 Å². The minimum atomic E-state index is 0.115. The SMILES string of the molecule is CC(C)N(Cc1ccccc1)C(=O)Cc1csc(-c2ccccc2)n1. The zero-order chi connectivity index (χ0) is 17.6. The maximum Gasteiger partial charge on any atom is 0.229 e. The smallest absolute Gasteiger partial charge is 0.229 e. The van der Waals surface area contributed by atoms with E-state index in [1.54, 1.807) is 11.3 Å². The molecule has 0 bridgehead atoms. The second-order valence-corrected chi connectivity index (χ2v) is 7.15. The van der Waals surface area contributed by atoms with Gasteiger partial charge in [-0.05, 0) is 19.4 Å². The summed E-state index contributed by atoms with van der Waals surface area (Å²) in [4.78, 5) is 19.3. The molecular formula is C21H22N2OS. The summed E-state index contributed by atoms with van der Waals surface area (Å²) in [6, 6.07) is 20.3. The van der Waals surface area contributed by atoms with E-state index in [1.807, 2.05) is 58.8 Å². The number of aromatic nitrogens is 1. The van der Waals surface area contributed by atoms with Crippen LogP contribution in [-0.2, 0) is 17.8 Å². The van der Waals surface area contributed by atoms with E-state index in [4.69, 9.17) is 0 Å². The molecule has 0 unspecified atom stereocenters. The molecule has 4 heteroatoms. The zero-order valence-corrected chi connectivity index (χ0v) is 15.4. The number of carbonyl (C=O) groups excluding carboxylic acids is 1. The third kappa shape index (κ3) is 4.54. The first-order chi connectivity index (χ1) is 12.1. The molecule has 0 spiro atoms. The quantitative estimate of drug-likeness (QED) is 0.640. The molecule has 0 aliphatic carbocycles. The number of hydrogen-bond donors (Lipinski definition) is 0. The van der Waals surface area contributed by atoms with Crippen LogP contribution in [0, 0.1) is 0 Å². The molecule has 0 saturated carbocycles. The van der Waals surface area contributed by atoms with Crippen molar-refractivity contribution in [3.8, 4) is 10.6 Å². The van der Waals surface area contributed by atoms with Gasteiger partial charge in [0.1, 0.15) is 5.01 Å². The van der Waals surface area contributed by atoms with Gasteiger partial charge in [0.2, 0.25) is 5.91 Å². The van der Waals surface area contributed by atoms with Crippen LogP contribution in [0.3, 0.4) is 0 Å². The maximum atomic E-state index is 12.8. The van der Waals surface area contributed by atoms with Crippen molar-refractivity contribution in [1.29, 1.82) is 0 Å². The lowest BCUT2D eigenvalue weighted by Gasteiger charge is -2.26. The van der Waals surface area contributed by atoms with Crippen molar-refractivity contribution in [1.82, 2.24) is 9.88 Å². The second kappa shape index (κ2) is 8.08. The monoisotopic (exact) mass is 350 g/mol. The van der Waals surface area contributed by atoms with Gasteiger partial charge in [-0.2, -0.15) is 0 Å². The van der Waals surface area contributed by atoms with Crippen molar-refractivity contribution in [2.75, 3.05) is 0 Å². The highest BCUT2D eigenvalue weighted by Gasteiger charge is 2.19. The number of benzene rings is 2. The van der Waals surface area contributed by atoms with Crippen LogP contribution >= 0.6 is 11.3 Å². The Morgan fingerprint density at radius 3 is 2.32 bits per heavy atom. The van der Waals surface area contributed by atoms with E-state index in [0.29, 0.717) is 13.0 Å². The maximum absolute atomic E-state index is 12.8. The van der Waals surface area contributed by atoms with E-state index < -0.39 is 0 Å². The normalized spacial score (nSPS) is 10.8. The first kappa shape index (κ1) is 17.4. The Kier molecular flexibility index (Phi) is 5.61. The minimum absolute atomic E-state index is 0.115. The van der Waals surface area contributed by atoms with Crippen molar-refractivity contribution in [3.05, 3.63) is 77.3 Å². The van der Waals surface area contributed by atoms with Crippen molar-refractivity contribution in [2.45, 2.75) is 32.9 Å². The lowest BCUT2D eigenvalue weighted by molar-refractivity contribution is -0.132. The topological polar surface area (TPSA) is 33.2 Å². The van der Waals surface area contributed by atoms with Crippen LogP contribution in [-0.4, -0.2) is 21.8 Å². The largest absolute Gasteiger partial charge is 0.336 e. The van der Waals surface area contributed by atoms with Gasteiger partial charge in [0, 0.05) is 23.5 Å². The van der Waals surface area contributed by atoms with Gasteiger partial charge in [0.25, 0.3) is 0 Å². The summed E-state index contributed by atoms with van der Waals surface area (Å²) < 4.78 is 0. The fourth-order valence-electron chi connectivity index (χ4n) is 2.70. The average molecular weight is 350 g/mol. The van der Waals surface area contributed by atoms with Crippen LogP contribution in [0.2, 0.25) is 0 Å². The van der Waals surface area contributed by atoms with Crippen LogP contribution < -0.4 is 0 Å². The van der Waals surface area contributed by atoms with Gasteiger partial charge in [-0.3, -0.25) is 4.79 Å². The Bertz CT molecular complexity index is 812. The Hall–Kier alpha value is -2.46. The van der Waals surface area contributed by atoms with E-state index in [-0.39, 0.29) is 11.9 Å². The summed E-state index contributed by atoms with van der Waals surface area (Å²) in [5.41, 5.74) is 3.08. The fourth-order valence-corrected chi connectivity index (χ4v) is 3.52. The van der Waals surface area contributed by atoms with E-state index in [9.17, 15) is 4.79 Å². The Balaban J connectivity index is 1.70. The molecule has 0 fully saturated rings. The number of nitrogens with zero attached hydrogens (tertiary/aromatic N) is 2. The number of carbonyl (C=O) groups is 1. The Morgan fingerprint density at radius 2 is 1.68 bits per heavy atom. The van der Waals surface area contributed by atoms with Gasteiger partial charge in [-0.1, -0.05) is 60.7 Å². The molecule has 0 atom stereocenters. The predicted molar refractivity (Wildman–Crippen MR) is 103 cm³/mol. The summed E-state index contributed by atoms with van der Waals surface area (Å²) in [6.07, 6.45) is 0.342. The summed E-state index contributed by atoms with van der Waals surface area (Å²) in [6.45, 7) is 4.74. The third-order valence-corrected chi connectivity index (χ3v) is 4.98. The van der Waals surface area contributed by atoms with E-state index in [1.165, 1.54) is 0 Å². The van der Waals surface area contributed by atoms with Crippen LogP contribution in [0.1, 0.15) is 25.1 Å².